The predicted molar refractivity (Wildman–Crippen MR) is 81.6 cm³/mol. The van der Waals surface area contributed by atoms with E-state index < -0.39 is 5.97 Å². The topological polar surface area (TPSA) is 81.4 Å². The van der Waals surface area contributed by atoms with E-state index in [4.69, 9.17) is 17.3 Å². The monoisotopic (exact) mass is 304 g/mol. The molecular formula is C15H13ClN2O3. The highest BCUT2D eigenvalue weighted by atomic mass is 35.5. The number of hydrogen-bond donors (Lipinski definition) is 2. The van der Waals surface area contributed by atoms with E-state index >= 15 is 0 Å². The number of nitrogens with one attached hydrogen (secondary N) is 1. The first-order chi connectivity index (χ1) is 10.0. The Morgan fingerprint density at radius 1 is 1.14 bits per heavy atom. The van der Waals surface area contributed by atoms with Crippen LogP contribution in [0.2, 0.25) is 5.02 Å². The van der Waals surface area contributed by atoms with Gasteiger partial charge in [0.15, 0.2) is 0 Å². The summed E-state index contributed by atoms with van der Waals surface area (Å²) >= 11 is 5.85. The summed E-state index contributed by atoms with van der Waals surface area (Å²) in [6.07, 6.45) is 0. The first kappa shape index (κ1) is 14.9. The maximum Gasteiger partial charge on any atom is 0.337 e. The molecule has 6 heteroatoms. The van der Waals surface area contributed by atoms with E-state index in [1.807, 2.05) is 0 Å². The normalized spacial score (nSPS) is 10.0. The van der Waals surface area contributed by atoms with Crippen LogP contribution in [-0.4, -0.2) is 19.0 Å². The van der Waals surface area contributed by atoms with Crippen LogP contribution in [0.5, 0.6) is 0 Å². The van der Waals surface area contributed by atoms with Crippen LogP contribution in [-0.2, 0) is 4.74 Å². The van der Waals surface area contributed by atoms with Crippen molar-refractivity contribution >= 4 is 34.9 Å². The molecule has 0 spiro atoms. The number of hydrogen-bond acceptors (Lipinski definition) is 4. The Kier molecular flexibility index (Phi) is 4.45. The van der Waals surface area contributed by atoms with Crippen molar-refractivity contribution in [3.8, 4) is 0 Å². The van der Waals surface area contributed by atoms with Gasteiger partial charge in [0, 0.05) is 16.4 Å². The molecule has 0 saturated heterocycles. The third-order valence-electron chi connectivity index (χ3n) is 2.82. The van der Waals surface area contributed by atoms with Gasteiger partial charge in [0.05, 0.1) is 18.2 Å². The molecule has 0 aliphatic heterocycles. The van der Waals surface area contributed by atoms with Gasteiger partial charge in [0.25, 0.3) is 5.91 Å². The molecule has 0 aliphatic rings. The molecule has 0 fully saturated rings. The average molecular weight is 305 g/mol. The highest BCUT2D eigenvalue weighted by Gasteiger charge is 2.11. The van der Waals surface area contributed by atoms with Crippen LogP contribution in [0.25, 0.3) is 0 Å². The van der Waals surface area contributed by atoms with Gasteiger partial charge in [-0.1, -0.05) is 11.6 Å². The van der Waals surface area contributed by atoms with Gasteiger partial charge in [0.1, 0.15) is 0 Å². The fraction of sp³-hybridized carbons (Fsp3) is 0.0667. The first-order valence-electron chi connectivity index (χ1n) is 6.06. The number of amides is 1. The second-order valence-corrected chi connectivity index (χ2v) is 4.69. The van der Waals surface area contributed by atoms with Gasteiger partial charge in [0.2, 0.25) is 0 Å². The van der Waals surface area contributed by atoms with Crippen LogP contribution in [0.4, 0.5) is 11.4 Å². The predicted octanol–water partition coefficient (Wildman–Crippen LogP) is 2.96. The van der Waals surface area contributed by atoms with Crippen molar-refractivity contribution in [2.24, 2.45) is 0 Å². The smallest absolute Gasteiger partial charge is 0.337 e. The summed E-state index contributed by atoms with van der Waals surface area (Å²) in [5.41, 5.74) is 7.31. The lowest BCUT2D eigenvalue weighted by Crippen LogP contribution is -2.14. The van der Waals surface area contributed by atoms with Gasteiger partial charge in [-0.25, -0.2) is 4.79 Å². The second kappa shape index (κ2) is 6.28. The van der Waals surface area contributed by atoms with Gasteiger partial charge >= 0.3 is 5.97 Å². The molecule has 0 bridgehead atoms. The highest BCUT2D eigenvalue weighted by molar-refractivity contribution is 6.31. The maximum absolute atomic E-state index is 12.1. The van der Waals surface area contributed by atoms with Gasteiger partial charge in [-0.3, -0.25) is 4.79 Å². The maximum atomic E-state index is 12.1. The van der Waals surface area contributed by atoms with Crippen LogP contribution in [0.15, 0.2) is 42.5 Å². The Labute approximate surface area is 126 Å². The number of nitrogens with two attached hydrogens (primary N) is 1. The molecule has 0 atom stereocenters. The highest BCUT2D eigenvalue weighted by Crippen LogP contribution is 2.19. The lowest BCUT2D eigenvalue weighted by Gasteiger charge is -2.08. The Hall–Kier alpha value is -2.53. The Morgan fingerprint density at radius 2 is 1.81 bits per heavy atom. The van der Waals surface area contributed by atoms with Gasteiger partial charge < -0.3 is 15.8 Å². The zero-order valence-electron chi connectivity index (χ0n) is 11.2. The van der Waals surface area contributed by atoms with Crippen molar-refractivity contribution in [3.63, 3.8) is 0 Å². The van der Waals surface area contributed by atoms with Gasteiger partial charge in [-0.05, 0) is 42.5 Å². The fourth-order valence-corrected chi connectivity index (χ4v) is 1.90. The Balaban J connectivity index is 2.16. The third-order valence-corrected chi connectivity index (χ3v) is 3.06. The number of ether oxygens (including phenoxy) is 1. The molecule has 0 aliphatic carbocycles. The molecule has 0 radical (unpaired) electrons. The van der Waals surface area contributed by atoms with Crippen molar-refractivity contribution in [2.75, 3.05) is 18.2 Å². The van der Waals surface area contributed by atoms with E-state index in [1.54, 1.807) is 36.4 Å². The summed E-state index contributed by atoms with van der Waals surface area (Å²) in [7, 11) is 1.31. The molecule has 2 aromatic rings. The zero-order chi connectivity index (χ0) is 15.4. The average Bonchev–Trinajstić information content (AvgIpc) is 2.49. The number of esters is 1. The minimum atomic E-state index is -0.438. The number of methoxy groups -OCH3 is 1. The van der Waals surface area contributed by atoms with Crippen molar-refractivity contribution in [3.05, 3.63) is 58.6 Å². The van der Waals surface area contributed by atoms with E-state index in [2.05, 4.69) is 10.1 Å². The van der Waals surface area contributed by atoms with Crippen molar-refractivity contribution in [2.45, 2.75) is 0 Å². The number of benzene rings is 2. The van der Waals surface area contributed by atoms with E-state index in [1.165, 1.54) is 13.2 Å². The first-order valence-corrected chi connectivity index (χ1v) is 6.44. The second-order valence-electron chi connectivity index (χ2n) is 4.25. The Bertz CT molecular complexity index is 684. The number of nitrogen functional groups attached to an aromatic ring is 1. The molecule has 2 rings (SSSR count). The molecule has 0 aromatic heterocycles. The largest absolute Gasteiger partial charge is 0.465 e. The minimum Gasteiger partial charge on any atom is -0.465 e. The molecule has 3 N–H and O–H groups in total. The van der Waals surface area contributed by atoms with Crippen molar-refractivity contribution in [1.29, 1.82) is 0 Å². The summed E-state index contributed by atoms with van der Waals surface area (Å²) in [6, 6.07) is 11.0. The van der Waals surface area contributed by atoms with Crippen LogP contribution < -0.4 is 11.1 Å². The molecule has 21 heavy (non-hydrogen) atoms. The van der Waals surface area contributed by atoms with E-state index in [0.29, 0.717) is 27.5 Å². The quantitative estimate of drug-likeness (QED) is 0.674. The van der Waals surface area contributed by atoms with Crippen LogP contribution in [0.3, 0.4) is 0 Å². The molecule has 0 heterocycles. The van der Waals surface area contributed by atoms with E-state index in [9.17, 15) is 9.59 Å². The van der Waals surface area contributed by atoms with Crippen molar-refractivity contribution < 1.29 is 14.3 Å². The summed E-state index contributed by atoms with van der Waals surface area (Å²) in [4.78, 5) is 23.4. The summed E-state index contributed by atoms with van der Waals surface area (Å²) in [5, 5.41) is 3.11. The number of carbonyl (C=O) groups excluding carboxylic acids is 2. The van der Waals surface area contributed by atoms with Crippen LogP contribution >= 0.6 is 11.6 Å². The number of carbonyl (C=O) groups is 2. The van der Waals surface area contributed by atoms with Gasteiger partial charge in [-0.2, -0.15) is 0 Å². The third kappa shape index (κ3) is 3.52. The lowest BCUT2D eigenvalue weighted by atomic mass is 10.1. The van der Waals surface area contributed by atoms with E-state index in [-0.39, 0.29) is 5.91 Å². The SMILES string of the molecule is COC(=O)c1ccc(NC(=O)c2cc(Cl)ccc2N)cc1. The lowest BCUT2D eigenvalue weighted by molar-refractivity contribution is 0.0600. The minimum absolute atomic E-state index is 0.291. The molecule has 0 unspecified atom stereocenters. The van der Waals surface area contributed by atoms with Crippen LogP contribution in [0.1, 0.15) is 20.7 Å². The summed E-state index contributed by atoms with van der Waals surface area (Å²) in [6.45, 7) is 0. The molecule has 5 nitrogen and oxygen atoms in total. The van der Waals surface area contributed by atoms with Crippen LogP contribution in [0, 0.1) is 0 Å². The number of halogens is 1. The molecule has 2 aromatic carbocycles. The molecule has 0 saturated carbocycles. The number of anilines is 2. The number of rotatable bonds is 3. The standard InChI is InChI=1S/C15H13ClN2O3/c1-21-15(20)9-2-5-11(6-3-9)18-14(19)12-8-10(16)4-7-13(12)17/h2-8H,17H2,1H3,(H,18,19). The van der Waals surface area contributed by atoms with Crippen molar-refractivity contribution in [1.82, 2.24) is 0 Å². The fourth-order valence-electron chi connectivity index (χ4n) is 1.73. The summed E-state index contributed by atoms with van der Waals surface area (Å²) < 4.78 is 4.60. The molecular weight excluding hydrogens is 292 g/mol. The zero-order valence-corrected chi connectivity index (χ0v) is 12.0. The van der Waals surface area contributed by atoms with Gasteiger partial charge in [-0.15, -0.1) is 0 Å². The Morgan fingerprint density at radius 3 is 2.43 bits per heavy atom. The summed E-state index contributed by atoms with van der Waals surface area (Å²) in [5.74, 6) is -0.812. The molecule has 108 valence electrons. The van der Waals surface area contributed by atoms with E-state index in [0.717, 1.165) is 0 Å². The molecule has 1 amide bonds.